The van der Waals surface area contributed by atoms with Crippen LogP contribution in [0, 0.1) is 41.5 Å². The Balaban J connectivity index is 0.000000466. The molecular formula is C25H32F3N3O3S. The zero-order valence-corrected chi connectivity index (χ0v) is 22.0. The highest BCUT2D eigenvalue weighted by atomic mass is 32.2. The van der Waals surface area contributed by atoms with E-state index in [4.69, 9.17) is 13.0 Å². The van der Waals surface area contributed by atoms with Crippen LogP contribution in [-0.2, 0) is 10.1 Å². The number of aryl methyl sites for hydroxylation is 6. The summed E-state index contributed by atoms with van der Waals surface area (Å²) < 4.78 is 63.5. The highest BCUT2D eigenvalue weighted by Crippen LogP contribution is 2.26. The summed E-state index contributed by atoms with van der Waals surface area (Å²) in [5.74, 6) is 1.11. The Bertz CT molecular complexity index is 1280. The second-order valence-electron chi connectivity index (χ2n) is 9.10. The lowest BCUT2D eigenvalue weighted by atomic mass is 10.0. The van der Waals surface area contributed by atoms with Crippen molar-refractivity contribution >= 4 is 15.9 Å². The van der Waals surface area contributed by atoms with Gasteiger partial charge in [-0.15, -0.1) is 0 Å². The smallest absolute Gasteiger partial charge is 0.485 e. The van der Waals surface area contributed by atoms with E-state index in [1.54, 1.807) is 0 Å². The third-order valence-electron chi connectivity index (χ3n) is 5.25. The molecule has 1 heterocycles. The molecule has 2 aromatic carbocycles. The second-order valence-corrected chi connectivity index (χ2v) is 10.5. The number of nitrogens with zero attached hydrogens (tertiary/aromatic N) is 2. The van der Waals surface area contributed by atoms with Crippen LogP contribution in [0.3, 0.4) is 0 Å². The molecule has 0 amide bonds. The van der Waals surface area contributed by atoms with Crippen LogP contribution in [0.1, 0.15) is 47.2 Å². The molecule has 192 valence electrons. The fourth-order valence-corrected chi connectivity index (χ4v) is 4.25. The van der Waals surface area contributed by atoms with Crippen LogP contribution in [0.2, 0.25) is 0 Å². The van der Waals surface area contributed by atoms with Gasteiger partial charge in [-0.25, -0.2) is 8.42 Å². The first-order chi connectivity index (χ1) is 15.9. The molecular weight excluding hydrogens is 479 g/mol. The first-order valence-electron chi connectivity index (χ1n) is 11.0. The zero-order valence-electron chi connectivity index (χ0n) is 21.2. The summed E-state index contributed by atoms with van der Waals surface area (Å²) in [5, 5.41) is 3.62. The van der Waals surface area contributed by atoms with E-state index in [0.717, 1.165) is 5.82 Å². The van der Waals surface area contributed by atoms with Gasteiger partial charge in [-0.2, -0.15) is 22.3 Å². The Kier molecular flexibility index (Phi) is 8.44. The summed E-state index contributed by atoms with van der Waals surface area (Å²) in [4.78, 5) is 0. The van der Waals surface area contributed by atoms with Crippen molar-refractivity contribution in [3.05, 3.63) is 70.2 Å². The van der Waals surface area contributed by atoms with Gasteiger partial charge in [0.15, 0.2) is 16.3 Å². The summed E-state index contributed by atoms with van der Waals surface area (Å²) in [5.41, 5.74) is 4.65. The third kappa shape index (κ3) is 6.85. The molecule has 0 saturated carbocycles. The summed E-state index contributed by atoms with van der Waals surface area (Å²) in [7, 11) is -6.09. The summed E-state index contributed by atoms with van der Waals surface area (Å²) in [6.45, 7) is 17.5. The highest BCUT2D eigenvalue weighted by Gasteiger charge is 2.37. The molecule has 1 aromatic heterocycles. The van der Waals surface area contributed by atoms with Crippen molar-refractivity contribution in [1.82, 2.24) is 4.57 Å². The molecule has 0 spiro atoms. The fourth-order valence-electron chi connectivity index (χ4n) is 4.25. The van der Waals surface area contributed by atoms with Gasteiger partial charge in [-0.1, -0.05) is 35.4 Å². The Morgan fingerprint density at radius 1 is 0.886 bits per heavy atom. The number of halogens is 3. The summed E-state index contributed by atoms with van der Waals surface area (Å²) >= 11 is 0. The van der Waals surface area contributed by atoms with Gasteiger partial charge in [0.1, 0.15) is 11.4 Å². The quantitative estimate of drug-likeness (QED) is 0.286. The normalized spacial score (nSPS) is 11.9. The number of aromatic nitrogens is 2. The predicted molar refractivity (Wildman–Crippen MR) is 130 cm³/mol. The van der Waals surface area contributed by atoms with Gasteiger partial charge in [0, 0.05) is 6.04 Å². The average molecular weight is 512 g/mol. The Morgan fingerprint density at radius 3 is 1.66 bits per heavy atom. The molecule has 0 unspecified atom stereocenters. The molecule has 3 rings (SSSR count). The molecule has 10 heteroatoms. The molecule has 0 aliphatic heterocycles. The SMILES string of the molecule is Cc1cc(C)c(-n2c[n+](-c3c(C)cc(C)cc3C)cc2NC(C)C)c(C)c1.O=S(=O)([O-])C(F)(F)F. The molecule has 0 atom stereocenters. The number of imidazole rings is 1. The van der Waals surface area contributed by atoms with E-state index in [1.807, 2.05) is 0 Å². The minimum absolute atomic E-state index is 0.360. The van der Waals surface area contributed by atoms with Gasteiger partial charge in [-0.05, 0) is 77.6 Å². The van der Waals surface area contributed by atoms with Crippen LogP contribution >= 0.6 is 0 Å². The van der Waals surface area contributed by atoms with E-state index in [9.17, 15) is 13.2 Å². The lowest BCUT2D eigenvalue weighted by molar-refractivity contribution is -0.595. The van der Waals surface area contributed by atoms with Gasteiger partial charge >= 0.3 is 5.51 Å². The van der Waals surface area contributed by atoms with Crippen LogP contribution < -0.4 is 9.88 Å². The van der Waals surface area contributed by atoms with Gasteiger partial charge in [0.25, 0.3) is 6.33 Å². The van der Waals surface area contributed by atoms with Crippen molar-refractivity contribution < 1.29 is 30.7 Å². The Hall–Kier alpha value is -2.85. The van der Waals surface area contributed by atoms with E-state index in [0.29, 0.717) is 6.04 Å². The number of hydrogen-bond donors (Lipinski definition) is 1. The number of hydrogen-bond acceptors (Lipinski definition) is 4. The lowest BCUT2D eigenvalue weighted by Gasteiger charge is -2.12. The standard InChI is InChI=1S/C24H32N3.CHF3O3S/c1-15(2)25-22-13-26(23-18(5)9-16(3)10-19(23)6)14-27(22)24-20(7)11-17(4)12-21(24)8;2-1(3,4)8(5,6)7/h9-15,25H,1-8H3;(H,5,6,7)/q+1;/p-1. The maximum atomic E-state index is 10.7. The van der Waals surface area contributed by atoms with Crippen LogP contribution in [0.25, 0.3) is 11.4 Å². The van der Waals surface area contributed by atoms with Crippen molar-refractivity contribution in [2.24, 2.45) is 0 Å². The third-order valence-corrected chi connectivity index (χ3v) is 5.82. The molecule has 0 aliphatic carbocycles. The first-order valence-corrected chi connectivity index (χ1v) is 12.4. The molecule has 0 saturated heterocycles. The average Bonchev–Trinajstić information content (AvgIpc) is 3.00. The number of rotatable bonds is 4. The highest BCUT2D eigenvalue weighted by molar-refractivity contribution is 7.86. The Morgan fingerprint density at radius 2 is 1.29 bits per heavy atom. The van der Waals surface area contributed by atoms with Crippen molar-refractivity contribution in [3.63, 3.8) is 0 Å². The summed E-state index contributed by atoms with van der Waals surface area (Å²) in [6.07, 6.45) is 4.42. The minimum atomic E-state index is -6.09. The summed E-state index contributed by atoms with van der Waals surface area (Å²) in [6, 6.07) is 9.39. The van der Waals surface area contributed by atoms with Crippen molar-refractivity contribution in [1.29, 1.82) is 0 Å². The molecule has 0 aliphatic rings. The van der Waals surface area contributed by atoms with Crippen molar-refractivity contribution in [2.45, 2.75) is 66.9 Å². The predicted octanol–water partition coefficient (Wildman–Crippen LogP) is 5.48. The zero-order chi connectivity index (χ0) is 26.9. The molecule has 3 aromatic rings. The van der Waals surface area contributed by atoms with Crippen LogP contribution in [0.15, 0.2) is 36.8 Å². The van der Waals surface area contributed by atoms with E-state index in [1.165, 1.54) is 44.8 Å². The van der Waals surface area contributed by atoms with E-state index < -0.39 is 15.6 Å². The topological polar surface area (TPSA) is 78.0 Å². The molecule has 1 N–H and O–H groups in total. The fraction of sp³-hybridized carbons (Fsp3) is 0.400. The number of alkyl halides is 3. The van der Waals surface area contributed by atoms with Gasteiger partial charge < -0.3 is 9.87 Å². The van der Waals surface area contributed by atoms with Crippen LogP contribution in [0.5, 0.6) is 0 Å². The molecule has 35 heavy (non-hydrogen) atoms. The second kappa shape index (κ2) is 10.4. The van der Waals surface area contributed by atoms with Crippen molar-refractivity contribution in [2.75, 3.05) is 5.32 Å². The maximum absolute atomic E-state index is 10.7. The molecule has 0 fully saturated rings. The lowest BCUT2D eigenvalue weighted by Crippen LogP contribution is -2.30. The minimum Gasteiger partial charge on any atom is -0.741 e. The number of benzene rings is 2. The van der Waals surface area contributed by atoms with E-state index in [-0.39, 0.29) is 0 Å². The van der Waals surface area contributed by atoms with Crippen LogP contribution in [0.4, 0.5) is 19.0 Å². The molecule has 0 radical (unpaired) electrons. The first kappa shape index (κ1) is 28.4. The van der Waals surface area contributed by atoms with Gasteiger partial charge in [0.2, 0.25) is 5.82 Å². The monoisotopic (exact) mass is 511 g/mol. The van der Waals surface area contributed by atoms with Gasteiger partial charge in [0.05, 0.1) is 0 Å². The van der Waals surface area contributed by atoms with Gasteiger partial charge in [-0.3, -0.25) is 0 Å². The molecule has 6 nitrogen and oxygen atoms in total. The molecule has 0 bridgehead atoms. The number of anilines is 1. The maximum Gasteiger partial charge on any atom is 0.485 e. The number of nitrogens with one attached hydrogen (secondary N) is 1. The van der Waals surface area contributed by atoms with E-state index >= 15 is 0 Å². The van der Waals surface area contributed by atoms with Crippen molar-refractivity contribution in [3.8, 4) is 11.4 Å². The largest absolute Gasteiger partial charge is 0.741 e. The Labute approximate surface area is 205 Å². The van der Waals surface area contributed by atoms with E-state index in [2.05, 4.69) is 107 Å². The van der Waals surface area contributed by atoms with Crippen LogP contribution in [-0.4, -0.2) is 29.1 Å².